The summed E-state index contributed by atoms with van der Waals surface area (Å²) in [6.07, 6.45) is 1.97. The number of carbonyl (C=O) groups excluding carboxylic acids is 2. The highest BCUT2D eigenvalue weighted by Gasteiger charge is 2.44. The molecule has 0 spiro atoms. The van der Waals surface area contributed by atoms with Crippen LogP contribution < -0.4 is 0 Å². The lowest BCUT2D eigenvalue weighted by Gasteiger charge is -2.19. The maximum atomic E-state index is 12.7. The Bertz CT molecular complexity index is 850. The number of Topliss-reactive ketones (excluding diaryl/α,β-unsaturated/α-hetero) is 1. The Morgan fingerprint density at radius 1 is 1.04 bits per heavy atom. The maximum absolute atomic E-state index is 12.7. The average Bonchev–Trinajstić information content (AvgIpc) is 3.13. The third-order valence-corrected chi connectivity index (χ3v) is 4.35. The number of nitrogens with zero attached hydrogens (tertiary/aromatic N) is 1. The molecule has 4 nitrogen and oxygen atoms in total. The Labute approximate surface area is 146 Å². The predicted molar refractivity (Wildman–Crippen MR) is 92.4 cm³/mol. The molecule has 0 saturated carbocycles. The highest BCUT2D eigenvalue weighted by Crippen LogP contribution is 2.40. The first kappa shape index (κ1) is 16.7. The SMILES string of the molecule is N#CC1(C(=O)c2ccccc2)CC=C(C(=O)OCc2ccccc2)C1. The van der Waals surface area contributed by atoms with Gasteiger partial charge < -0.3 is 4.74 Å². The van der Waals surface area contributed by atoms with Crippen molar-refractivity contribution in [3.8, 4) is 6.07 Å². The van der Waals surface area contributed by atoms with Crippen LogP contribution in [0.3, 0.4) is 0 Å². The van der Waals surface area contributed by atoms with E-state index in [-0.39, 0.29) is 25.2 Å². The largest absolute Gasteiger partial charge is 0.457 e. The Balaban J connectivity index is 1.67. The molecule has 1 aliphatic carbocycles. The predicted octanol–water partition coefficient (Wildman–Crippen LogP) is 3.84. The molecule has 0 fully saturated rings. The van der Waals surface area contributed by atoms with Crippen molar-refractivity contribution >= 4 is 11.8 Å². The fraction of sp³-hybridized carbons (Fsp3) is 0.190. The van der Waals surface area contributed by atoms with Crippen LogP contribution in [0.1, 0.15) is 28.8 Å². The molecular weight excluding hydrogens is 314 g/mol. The Kier molecular flexibility index (Phi) is 4.76. The number of nitriles is 1. The van der Waals surface area contributed by atoms with Crippen molar-refractivity contribution < 1.29 is 14.3 Å². The van der Waals surface area contributed by atoms with Crippen LogP contribution in [0.25, 0.3) is 0 Å². The van der Waals surface area contributed by atoms with Crippen LogP contribution in [0.15, 0.2) is 72.3 Å². The van der Waals surface area contributed by atoms with E-state index in [1.807, 2.05) is 36.4 Å². The molecule has 0 aliphatic heterocycles. The smallest absolute Gasteiger partial charge is 0.334 e. The number of hydrogen-bond donors (Lipinski definition) is 0. The topological polar surface area (TPSA) is 67.2 Å². The molecule has 0 aromatic heterocycles. The lowest BCUT2D eigenvalue weighted by atomic mass is 9.79. The summed E-state index contributed by atoms with van der Waals surface area (Å²) in [5.41, 5.74) is 0.544. The van der Waals surface area contributed by atoms with Crippen LogP contribution in [-0.4, -0.2) is 11.8 Å². The molecule has 3 rings (SSSR count). The van der Waals surface area contributed by atoms with Crippen molar-refractivity contribution in [3.63, 3.8) is 0 Å². The zero-order valence-corrected chi connectivity index (χ0v) is 13.6. The summed E-state index contributed by atoms with van der Waals surface area (Å²) in [7, 11) is 0. The van der Waals surface area contributed by atoms with Gasteiger partial charge in [0.05, 0.1) is 6.07 Å². The van der Waals surface area contributed by atoms with Crippen molar-refractivity contribution in [2.75, 3.05) is 0 Å². The summed E-state index contributed by atoms with van der Waals surface area (Å²) in [6, 6.07) is 20.2. The van der Waals surface area contributed by atoms with E-state index in [1.165, 1.54) is 0 Å². The minimum absolute atomic E-state index is 0.0881. The number of allylic oxidation sites excluding steroid dienone is 1. The molecule has 1 aliphatic rings. The van der Waals surface area contributed by atoms with Crippen LogP contribution in [0, 0.1) is 16.7 Å². The molecule has 0 N–H and O–H groups in total. The molecule has 2 aromatic carbocycles. The minimum Gasteiger partial charge on any atom is -0.457 e. The molecule has 0 radical (unpaired) electrons. The van der Waals surface area contributed by atoms with Crippen LogP contribution in [0.2, 0.25) is 0 Å². The lowest BCUT2D eigenvalue weighted by Crippen LogP contribution is -2.28. The van der Waals surface area contributed by atoms with Gasteiger partial charge in [0.15, 0.2) is 5.78 Å². The molecule has 2 aromatic rings. The zero-order valence-electron chi connectivity index (χ0n) is 13.6. The van der Waals surface area contributed by atoms with E-state index >= 15 is 0 Å². The third kappa shape index (κ3) is 3.51. The minimum atomic E-state index is -1.22. The van der Waals surface area contributed by atoms with Crippen LogP contribution in [0.5, 0.6) is 0 Å². The van der Waals surface area contributed by atoms with Gasteiger partial charge in [-0.2, -0.15) is 5.26 Å². The van der Waals surface area contributed by atoms with Crippen molar-refractivity contribution in [2.45, 2.75) is 19.4 Å². The van der Waals surface area contributed by atoms with Crippen molar-refractivity contribution in [2.24, 2.45) is 5.41 Å². The van der Waals surface area contributed by atoms with Gasteiger partial charge in [0, 0.05) is 17.6 Å². The summed E-state index contributed by atoms with van der Waals surface area (Å²) in [4.78, 5) is 25.0. The van der Waals surface area contributed by atoms with Crippen molar-refractivity contribution in [3.05, 3.63) is 83.4 Å². The second-order valence-electron chi connectivity index (χ2n) is 6.06. The molecule has 25 heavy (non-hydrogen) atoms. The fourth-order valence-corrected chi connectivity index (χ4v) is 2.91. The Morgan fingerprint density at radius 2 is 1.68 bits per heavy atom. The van der Waals surface area contributed by atoms with Gasteiger partial charge >= 0.3 is 5.97 Å². The van der Waals surface area contributed by atoms with E-state index in [4.69, 9.17) is 4.74 Å². The number of ether oxygens (including phenoxy) is 1. The number of benzene rings is 2. The van der Waals surface area contributed by atoms with Crippen molar-refractivity contribution in [1.82, 2.24) is 0 Å². The first-order valence-electron chi connectivity index (χ1n) is 8.06. The molecule has 4 heteroatoms. The van der Waals surface area contributed by atoms with Crippen LogP contribution in [-0.2, 0) is 16.1 Å². The third-order valence-electron chi connectivity index (χ3n) is 4.35. The Morgan fingerprint density at radius 3 is 2.32 bits per heavy atom. The summed E-state index contributed by atoms with van der Waals surface area (Å²) in [5.74, 6) is -0.723. The van der Waals surface area contributed by atoms with Gasteiger partial charge in [0.25, 0.3) is 0 Å². The molecule has 124 valence electrons. The van der Waals surface area contributed by atoms with Gasteiger partial charge in [-0.15, -0.1) is 0 Å². The van der Waals surface area contributed by atoms with Gasteiger partial charge in [-0.05, 0) is 12.0 Å². The average molecular weight is 331 g/mol. The zero-order chi connectivity index (χ0) is 17.7. The maximum Gasteiger partial charge on any atom is 0.334 e. The highest BCUT2D eigenvalue weighted by atomic mass is 16.5. The highest BCUT2D eigenvalue weighted by molar-refractivity contribution is 6.04. The van der Waals surface area contributed by atoms with Crippen molar-refractivity contribution in [1.29, 1.82) is 5.26 Å². The monoisotopic (exact) mass is 331 g/mol. The number of carbonyl (C=O) groups is 2. The first-order chi connectivity index (χ1) is 12.1. The molecule has 0 bridgehead atoms. The molecule has 1 unspecified atom stereocenters. The number of esters is 1. The quantitative estimate of drug-likeness (QED) is 0.616. The number of rotatable bonds is 5. The summed E-state index contributed by atoms with van der Waals surface area (Å²) < 4.78 is 5.31. The second kappa shape index (κ2) is 7.14. The van der Waals surface area contributed by atoms with Gasteiger partial charge in [-0.3, -0.25) is 4.79 Å². The van der Waals surface area contributed by atoms with Gasteiger partial charge in [0.1, 0.15) is 12.0 Å². The number of ketones is 1. The van der Waals surface area contributed by atoms with E-state index in [1.54, 1.807) is 30.3 Å². The molecular formula is C21H17NO3. The summed E-state index contributed by atoms with van der Waals surface area (Å²) in [6.45, 7) is 0.170. The van der Waals surface area contributed by atoms with Gasteiger partial charge in [-0.1, -0.05) is 66.7 Å². The normalized spacial score (nSPS) is 18.9. The fourth-order valence-electron chi connectivity index (χ4n) is 2.91. The van der Waals surface area contributed by atoms with E-state index in [0.717, 1.165) is 5.56 Å². The molecule has 0 saturated heterocycles. The first-order valence-corrected chi connectivity index (χ1v) is 8.06. The summed E-state index contributed by atoms with van der Waals surface area (Å²) >= 11 is 0. The van der Waals surface area contributed by atoms with Gasteiger partial charge in [0.2, 0.25) is 0 Å². The van der Waals surface area contributed by atoms with Gasteiger partial charge in [-0.25, -0.2) is 4.79 Å². The van der Waals surface area contributed by atoms with Crippen LogP contribution >= 0.6 is 0 Å². The molecule has 1 atom stereocenters. The lowest BCUT2D eigenvalue weighted by molar-refractivity contribution is -0.140. The van der Waals surface area contributed by atoms with E-state index in [2.05, 4.69) is 6.07 Å². The van der Waals surface area contributed by atoms with Crippen LogP contribution in [0.4, 0.5) is 0 Å². The Hall–Kier alpha value is -3.19. The standard InChI is InChI=1S/C21H17NO3/c22-15-21(19(23)17-9-5-2-6-10-17)12-11-18(13-21)20(24)25-14-16-7-3-1-4-8-16/h1-11H,12-14H2. The number of hydrogen-bond acceptors (Lipinski definition) is 4. The summed E-state index contributed by atoms with van der Waals surface area (Å²) in [5, 5.41) is 9.60. The van der Waals surface area contributed by atoms with E-state index < -0.39 is 11.4 Å². The molecule has 0 heterocycles. The second-order valence-corrected chi connectivity index (χ2v) is 6.06. The molecule has 0 amide bonds. The van der Waals surface area contributed by atoms with E-state index in [0.29, 0.717) is 11.1 Å². The van der Waals surface area contributed by atoms with E-state index in [9.17, 15) is 14.9 Å².